The molecule has 0 aromatic rings. The Morgan fingerprint density at radius 3 is 2.60 bits per heavy atom. The molecule has 1 saturated carbocycles. The van der Waals surface area contributed by atoms with Gasteiger partial charge in [-0.3, -0.25) is 0 Å². The maximum atomic E-state index is 9.58. The van der Waals surface area contributed by atoms with Gasteiger partial charge < -0.3 is 14.6 Å². The van der Waals surface area contributed by atoms with Crippen LogP contribution in [0.3, 0.4) is 0 Å². The first kappa shape index (κ1) is 12.9. The monoisotopic (exact) mass is 216 g/mol. The van der Waals surface area contributed by atoms with Gasteiger partial charge >= 0.3 is 0 Å². The summed E-state index contributed by atoms with van der Waals surface area (Å²) in [5, 5.41) is 9.58. The van der Waals surface area contributed by atoms with E-state index in [4.69, 9.17) is 9.47 Å². The van der Waals surface area contributed by atoms with Crippen molar-refractivity contribution in [3.8, 4) is 0 Å². The van der Waals surface area contributed by atoms with Gasteiger partial charge in [0.05, 0.1) is 25.4 Å². The molecule has 15 heavy (non-hydrogen) atoms. The van der Waals surface area contributed by atoms with E-state index < -0.39 is 0 Å². The Morgan fingerprint density at radius 1 is 1.20 bits per heavy atom. The molecule has 1 rings (SSSR count). The number of hydrogen-bond acceptors (Lipinski definition) is 3. The molecule has 0 aromatic heterocycles. The van der Waals surface area contributed by atoms with Gasteiger partial charge in [0.15, 0.2) is 0 Å². The van der Waals surface area contributed by atoms with E-state index in [-0.39, 0.29) is 12.2 Å². The third-order valence-electron chi connectivity index (χ3n) is 2.93. The summed E-state index contributed by atoms with van der Waals surface area (Å²) in [6.45, 7) is 6.14. The van der Waals surface area contributed by atoms with E-state index in [9.17, 15) is 5.11 Å². The molecule has 0 aliphatic heterocycles. The Morgan fingerprint density at radius 2 is 2.00 bits per heavy atom. The van der Waals surface area contributed by atoms with Gasteiger partial charge in [-0.05, 0) is 39.0 Å². The molecular formula is C12H24O3. The van der Waals surface area contributed by atoms with E-state index in [1.165, 1.54) is 6.42 Å². The Kier molecular flexibility index (Phi) is 6.22. The number of aliphatic hydroxyl groups is 1. The minimum absolute atomic E-state index is 0.0829. The van der Waals surface area contributed by atoms with Gasteiger partial charge in [-0.25, -0.2) is 0 Å². The van der Waals surface area contributed by atoms with E-state index >= 15 is 0 Å². The normalized spacial score (nSPS) is 26.4. The highest BCUT2D eigenvalue weighted by Gasteiger charge is 2.24. The smallest absolute Gasteiger partial charge is 0.0703 e. The molecule has 1 fully saturated rings. The van der Waals surface area contributed by atoms with Crippen molar-refractivity contribution in [2.24, 2.45) is 5.92 Å². The van der Waals surface area contributed by atoms with Crippen LogP contribution in [0.15, 0.2) is 0 Å². The zero-order chi connectivity index (χ0) is 11.1. The van der Waals surface area contributed by atoms with Crippen molar-refractivity contribution < 1.29 is 14.6 Å². The van der Waals surface area contributed by atoms with Crippen LogP contribution >= 0.6 is 0 Å². The quantitative estimate of drug-likeness (QED) is 0.661. The standard InChI is InChI=1S/C12H24O3/c1-10(2)15-9-8-14-7-6-11-4-3-5-12(11)13/h10-13H,3-9H2,1-2H3. The molecule has 0 bridgehead atoms. The largest absolute Gasteiger partial charge is 0.393 e. The van der Waals surface area contributed by atoms with Crippen LogP contribution < -0.4 is 0 Å². The van der Waals surface area contributed by atoms with Crippen LogP contribution in [0.2, 0.25) is 0 Å². The number of hydrogen-bond donors (Lipinski definition) is 1. The molecule has 1 aliphatic carbocycles. The molecule has 0 amide bonds. The first-order valence-corrected chi connectivity index (χ1v) is 6.07. The molecule has 0 heterocycles. The van der Waals surface area contributed by atoms with Gasteiger partial charge in [0.1, 0.15) is 0 Å². The Hall–Kier alpha value is -0.120. The second kappa shape index (κ2) is 7.20. The van der Waals surface area contributed by atoms with Gasteiger partial charge in [-0.15, -0.1) is 0 Å². The molecule has 1 aliphatic rings. The molecule has 3 heteroatoms. The van der Waals surface area contributed by atoms with Crippen LogP contribution in [0.5, 0.6) is 0 Å². The van der Waals surface area contributed by atoms with Gasteiger partial charge in [-0.2, -0.15) is 0 Å². The van der Waals surface area contributed by atoms with Crippen molar-refractivity contribution in [1.29, 1.82) is 0 Å². The summed E-state index contributed by atoms with van der Waals surface area (Å²) in [6.07, 6.45) is 4.49. The highest BCUT2D eigenvalue weighted by molar-refractivity contribution is 4.76. The van der Waals surface area contributed by atoms with Crippen LogP contribution in [-0.2, 0) is 9.47 Å². The first-order chi connectivity index (χ1) is 7.20. The summed E-state index contributed by atoms with van der Waals surface area (Å²) < 4.78 is 10.8. The summed E-state index contributed by atoms with van der Waals surface area (Å²) >= 11 is 0. The fraction of sp³-hybridized carbons (Fsp3) is 1.00. The summed E-state index contributed by atoms with van der Waals surface area (Å²) in [6, 6.07) is 0. The highest BCUT2D eigenvalue weighted by Crippen LogP contribution is 2.27. The molecule has 0 saturated heterocycles. The molecule has 3 nitrogen and oxygen atoms in total. The number of aliphatic hydroxyl groups excluding tert-OH is 1. The van der Waals surface area contributed by atoms with Crippen LogP contribution in [0.25, 0.3) is 0 Å². The second-order valence-electron chi connectivity index (χ2n) is 4.58. The van der Waals surface area contributed by atoms with E-state index in [0.29, 0.717) is 19.1 Å². The lowest BCUT2D eigenvalue weighted by Gasteiger charge is -2.14. The van der Waals surface area contributed by atoms with Crippen LogP contribution in [0, 0.1) is 5.92 Å². The predicted molar refractivity (Wildman–Crippen MR) is 59.9 cm³/mol. The lowest BCUT2D eigenvalue weighted by molar-refractivity contribution is 0.0120. The third-order valence-corrected chi connectivity index (χ3v) is 2.93. The zero-order valence-electron chi connectivity index (χ0n) is 9.95. The first-order valence-electron chi connectivity index (χ1n) is 6.07. The lowest BCUT2D eigenvalue weighted by Crippen LogP contribution is -2.16. The Labute approximate surface area is 92.8 Å². The molecule has 2 atom stereocenters. The maximum absolute atomic E-state index is 9.58. The Balaban J connectivity index is 1.88. The molecule has 0 spiro atoms. The summed E-state index contributed by atoms with van der Waals surface area (Å²) in [7, 11) is 0. The van der Waals surface area contributed by atoms with E-state index in [0.717, 1.165) is 25.9 Å². The summed E-state index contributed by atoms with van der Waals surface area (Å²) in [5.41, 5.74) is 0. The fourth-order valence-electron chi connectivity index (χ4n) is 2.03. The third kappa shape index (κ3) is 5.50. The van der Waals surface area contributed by atoms with Crippen molar-refractivity contribution in [1.82, 2.24) is 0 Å². The SMILES string of the molecule is CC(C)OCCOCCC1CCCC1O. The van der Waals surface area contributed by atoms with Crippen LogP contribution in [0.4, 0.5) is 0 Å². The van der Waals surface area contributed by atoms with Crippen molar-refractivity contribution in [3.05, 3.63) is 0 Å². The molecule has 0 aromatic carbocycles. The molecule has 2 unspecified atom stereocenters. The average Bonchev–Trinajstić information content (AvgIpc) is 2.57. The van der Waals surface area contributed by atoms with E-state index in [1.807, 2.05) is 13.8 Å². The summed E-state index contributed by atoms with van der Waals surface area (Å²) in [5.74, 6) is 0.469. The van der Waals surface area contributed by atoms with Crippen molar-refractivity contribution in [2.45, 2.75) is 51.7 Å². The second-order valence-corrected chi connectivity index (χ2v) is 4.58. The van der Waals surface area contributed by atoms with Gasteiger partial charge in [0.25, 0.3) is 0 Å². The van der Waals surface area contributed by atoms with Gasteiger partial charge in [-0.1, -0.05) is 6.42 Å². The highest BCUT2D eigenvalue weighted by atomic mass is 16.5. The van der Waals surface area contributed by atoms with Gasteiger partial charge in [0.2, 0.25) is 0 Å². The van der Waals surface area contributed by atoms with Crippen molar-refractivity contribution >= 4 is 0 Å². The fourth-order valence-corrected chi connectivity index (χ4v) is 2.03. The number of ether oxygens (including phenoxy) is 2. The average molecular weight is 216 g/mol. The van der Waals surface area contributed by atoms with Crippen molar-refractivity contribution in [2.75, 3.05) is 19.8 Å². The predicted octanol–water partition coefficient (Wildman–Crippen LogP) is 1.98. The van der Waals surface area contributed by atoms with E-state index in [2.05, 4.69) is 0 Å². The summed E-state index contributed by atoms with van der Waals surface area (Å²) in [4.78, 5) is 0. The zero-order valence-corrected chi connectivity index (χ0v) is 9.95. The Bertz CT molecular complexity index is 159. The molecule has 0 radical (unpaired) electrons. The van der Waals surface area contributed by atoms with Crippen molar-refractivity contribution in [3.63, 3.8) is 0 Å². The lowest BCUT2D eigenvalue weighted by atomic mass is 10.0. The maximum Gasteiger partial charge on any atom is 0.0703 e. The topological polar surface area (TPSA) is 38.7 Å². The van der Waals surface area contributed by atoms with Crippen LogP contribution in [-0.4, -0.2) is 37.1 Å². The minimum Gasteiger partial charge on any atom is -0.393 e. The molecule has 1 N–H and O–H groups in total. The molecular weight excluding hydrogens is 192 g/mol. The van der Waals surface area contributed by atoms with Gasteiger partial charge in [0, 0.05) is 6.61 Å². The molecule has 90 valence electrons. The van der Waals surface area contributed by atoms with E-state index in [1.54, 1.807) is 0 Å². The van der Waals surface area contributed by atoms with Crippen LogP contribution in [0.1, 0.15) is 39.5 Å². The minimum atomic E-state index is -0.0829. The number of rotatable bonds is 7.